The van der Waals surface area contributed by atoms with E-state index in [4.69, 9.17) is 9.47 Å². The summed E-state index contributed by atoms with van der Waals surface area (Å²) in [5.74, 6) is 0.795. The number of amides is 1. The second-order valence-electron chi connectivity index (χ2n) is 6.64. The molecule has 3 aromatic rings. The third-order valence-electron chi connectivity index (χ3n) is 4.27. The number of aryl methyl sites for hydroxylation is 1. The minimum absolute atomic E-state index is 0.370. The Morgan fingerprint density at radius 1 is 1.06 bits per heavy atom. The van der Waals surface area contributed by atoms with E-state index in [1.165, 1.54) is 12.7 Å². The number of halogens is 3. The molecule has 160 valence electrons. The average Bonchev–Trinajstić information content (AvgIpc) is 2.73. The molecule has 1 amide bonds. The molecule has 3 rings (SSSR count). The van der Waals surface area contributed by atoms with Crippen molar-refractivity contribution >= 4 is 59.9 Å². The molecule has 0 aliphatic rings. The zero-order chi connectivity index (χ0) is 22.4. The van der Waals surface area contributed by atoms with Crippen molar-refractivity contribution in [3.63, 3.8) is 0 Å². The van der Waals surface area contributed by atoms with E-state index in [-0.39, 0.29) is 5.91 Å². The van der Waals surface area contributed by atoms with Crippen molar-refractivity contribution in [1.82, 2.24) is 5.43 Å². The van der Waals surface area contributed by atoms with E-state index >= 15 is 0 Å². The first-order valence-electron chi connectivity index (χ1n) is 9.21. The molecule has 0 aromatic heterocycles. The van der Waals surface area contributed by atoms with Gasteiger partial charge < -0.3 is 9.47 Å². The number of hydrogen-bond acceptors (Lipinski definition) is 4. The van der Waals surface area contributed by atoms with E-state index in [1.54, 1.807) is 24.4 Å². The predicted molar refractivity (Wildman–Crippen MR) is 133 cm³/mol. The van der Waals surface area contributed by atoms with Gasteiger partial charge in [0.15, 0.2) is 0 Å². The number of carbonyl (C=O) groups is 1. The van der Waals surface area contributed by atoms with Crippen LogP contribution in [0, 0.1) is 6.92 Å². The van der Waals surface area contributed by atoms with Crippen molar-refractivity contribution in [1.29, 1.82) is 0 Å². The molecule has 8 heteroatoms. The first-order valence-corrected chi connectivity index (χ1v) is 11.6. The summed E-state index contributed by atoms with van der Waals surface area (Å²) in [5, 5.41) is 4.06. The van der Waals surface area contributed by atoms with Crippen molar-refractivity contribution < 1.29 is 14.3 Å². The molecule has 0 fully saturated rings. The Morgan fingerprint density at radius 3 is 2.48 bits per heavy atom. The summed E-state index contributed by atoms with van der Waals surface area (Å²) in [6, 6.07) is 17.1. The van der Waals surface area contributed by atoms with Crippen LogP contribution in [0.1, 0.15) is 27.0 Å². The monoisotopic (exact) mass is 608 g/mol. The summed E-state index contributed by atoms with van der Waals surface area (Å²) in [7, 11) is 1.51. The molecule has 3 aromatic carbocycles. The fourth-order valence-corrected chi connectivity index (χ4v) is 4.64. The van der Waals surface area contributed by atoms with Crippen LogP contribution in [-0.2, 0) is 6.61 Å². The van der Waals surface area contributed by atoms with Gasteiger partial charge in [0.1, 0.15) is 18.1 Å². The zero-order valence-electron chi connectivity index (χ0n) is 16.8. The Morgan fingerprint density at radius 2 is 1.81 bits per heavy atom. The molecule has 0 saturated heterocycles. The Hall–Kier alpha value is -2.16. The van der Waals surface area contributed by atoms with E-state index in [0.29, 0.717) is 23.7 Å². The maximum atomic E-state index is 12.4. The molecule has 0 spiro atoms. The van der Waals surface area contributed by atoms with E-state index in [0.717, 1.165) is 24.5 Å². The van der Waals surface area contributed by atoms with Gasteiger partial charge in [0, 0.05) is 4.47 Å². The molecule has 0 unspecified atom stereocenters. The molecule has 1 N–H and O–H groups in total. The van der Waals surface area contributed by atoms with Gasteiger partial charge in [0.2, 0.25) is 0 Å². The minimum atomic E-state index is -0.370. The molecule has 0 saturated carbocycles. The molecule has 31 heavy (non-hydrogen) atoms. The minimum Gasteiger partial charge on any atom is -0.496 e. The largest absolute Gasteiger partial charge is 0.496 e. The lowest BCUT2D eigenvalue weighted by Gasteiger charge is -2.12. The molecule has 0 heterocycles. The van der Waals surface area contributed by atoms with E-state index in [1.807, 2.05) is 24.3 Å². The van der Waals surface area contributed by atoms with Gasteiger partial charge in [-0.05, 0) is 80.2 Å². The third-order valence-corrected chi connectivity index (χ3v) is 5.94. The van der Waals surface area contributed by atoms with Crippen LogP contribution in [0.25, 0.3) is 0 Å². The molecule has 5 nitrogen and oxygen atoms in total. The lowest BCUT2D eigenvalue weighted by Crippen LogP contribution is -2.18. The van der Waals surface area contributed by atoms with E-state index in [2.05, 4.69) is 77.4 Å². The van der Waals surface area contributed by atoms with Crippen molar-refractivity contribution in [3.8, 4) is 11.5 Å². The standard InChI is InChI=1S/C23H19Br3N2O3/c1-14-4-3-5-15(8-14)13-31-22-19(25)9-16(10-20(22)26)12-27-28-23(29)18-11-17(24)6-7-21(18)30-2/h3-12H,13H2,1-2H3,(H,28,29)/b27-12-. The maximum Gasteiger partial charge on any atom is 0.275 e. The fourth-order valence-electron chi connectivity index (χ4n) is 2.83. The third kappa shape index (κ3) is 6.41. The summed E-state index contributed by atoms with van der Waals surface area (Å²) in [4.78, 5) is 12.4. The van der Waals surface area contributed by atoms with Gasteiger partial charge in [-0.2, -0.15) is 5.10 Å². The van der Waals surface area contributed by atoms with Crippen LogP contribution < -0.4 is 14.9 Å². The molecule has 0 bridgehead atoms. The molecular formula is C23H19Br3N2O3. The first kappa shape index (κ1) is 23.5. The molecular weight excluding hydrogens is 592 g/mol. The van der Waals surface area contributed by atoms with Crippen LogP contribution in [0.3, 0.4) is 0 Å². The average molecular weight is 611 g/mol. The van der Waals surface area contributed by atoms with Crippen LogP contribution in [0.15, 0.2) is 73.1 Å². The second-order valence-corrected chi connectivity index (χ2v) is 9.26. The Kier molecular flexibility index (Phi) is 8.28. The number of carbonyl (C=O) groups excluding carboxylic acids is 1. The number of ether oxygens (including phenoxy) is 2. The first-order chi connectivity index (χ1) is 14.9. The Bertz CT molecular complexity index is 1110. The highest BCUT2D eigenvalue weighted by Crippen LogP contribution is 2.35. The topological polar surface area (TPSA) is 59.9 Å². The highest BCUT2D eigenvalue weighted by Gasteiger charge is 2.12. The Balaban J connectivity index is 1.68. The summed E-state index contributed by atoms with van der Waals surface area (Å²) < 4.78 is 13.5. The highest BCUT2D eigenvalue weighted by molar-refractivity contribution is 9.11. The fraction of sp³-hybridized carbons (Fsp3) is 0.130. The van der Waals surface area contributed by atoms with Gasteiger partial charge in [-0.1, -0.05) is 45.8 Å². The number of rotatable bonds is 7. The number of hydrazone groups is 1. The Labute approximate surface area is 206 Å². The van der Waals surface area contributed by atoms with Gasteiger partial charge in [-0.3, -0.25) is 4.79 Å². The van der Waals surface area contributed by atoms with Gasteiger partial charge >= 0.3 is 0 Å². The van der Waals surface area contributed by atoms with Gasteiger partial charge in [0.25, 0.3) is 5.91 Å². The van der Waals surface area contributed by atoms with Crippen molar-refractivity contribution in [2.75, 3.05) is 7.11 Å². The second kappa shape index (κ2) is 10.9. The molecule has 0 aliphatic heterocycles. The summed E-state index contributed by atoms with van der Waals surface area (Å²) >= 11 is 10.4. The number of nitrogens with zero attached hydrogens (tertiary/aromatic N) is 1. The number of methoxy groups -OCH3 is 1. The molecule has 0 atom stereocenters. The van der Waals surface area contributed by atoms with Crippen molar-refractivity contribution in [2.45, 2.75) is 13.5 Å². The quantitative estimate of drug-likeness (QED) is 0.241. The van der Waals surface area contributed by atoms with E-state index < -0.39 is 0 Å². The zero-order valence-corrected chi connectivity index (χ0v) is 21.5. The SMILES string of the molecule is COc1ccc(Br)cc1C(=O)N/N=C\c1cc(Br)c(OCc2cccc(C)c2)c(Br)c1. The van der Waals surface area contributed by atoms with Crippen molar-refractivity contribution in [2.24, 2.45) is 5.10 Å². The van der Waals surface area contributed by atoms with Crippen LogP contribution >= 0.6 is 47.8 Å². The lowest BCUT2D eigenvalue weighted by molar-refractivity contribution is 0.0952. The van der Waals surface area contributed by atoms with Crippen LogP contribution in [-0.4, -0.2) is 19.2 Å². The summed E-state index contributed by atoms with van der Waals surface area (Å²) in [6.07, 6.45) is 1.56. The lowest BCUT2D eigenvalue weighted by atomic mass is 10.1. The van der Waals surface area contributed by atoms with Gasteiger partial charge in [-0.25, -0.2) is 5.43 Å². The predicted octanol–water partition coefficient (Wildman–Crippen LogP) is 6.63. The molecule has 0 aliphatic carbocycles. The van der Waals surface area contributed by atoms with Crippen LogP contribution in [0.4, 0.5) is 0 Å². The normalized spacial score (nSPS) is 10.9. The number of benzene rings is 3. The van der Waals surface area contributed by atoms with Crippen molar-refractivity contribution in [3.05, 3.63) is 90.3 Å². The van der Waals surface area contributed by atoms with E-state index in [9.17, 15) is 4.79 Å². The number of nitrogens with one attached hydrogen (secondary N) is 1. The smallest absolute Gasteiger partial charge is 0.275 e. The van der Waals surface area contributed by atoms with Gasteiger partial charge in [-0.15, -0.1) is 0 Å². The summed E-state index contributed by atoms with van der Waals surface area (Å²) in [5.41, 5.74) is 5.97. The molecule has 0 radical (unpaired) electrons. The number of hydrogen-bond donors (Lipinski definition) is 1. The van der Waals surface area contributed by atoms with Crippen LogP contribution in [0.2, 0.25) is 0 Å². The maximum absolute atomic E-state index is 12.4. The highest BCUT2D eigenvalue weighted by atomic mass is 79.9. The van der Waals surface area contributed by atoms with Crippen LogP contribution in [0.5, 0.6) is 11.5 Å². The van der Waals surface area contributed by atoms with Gasteiger partial charge in [0.05, 0.1) is 27.8 Å². The summed E-state index contributed by atoms with van der Waals surface area (Å²) in [6.45, 7) is 2.51.